The normalized spacial score (nSPS) is 21.1. The van der Waals surface area contributed by atoms with Gasteiger partial charge in [-0.3, -0.25) is 4.79 Å². The average Bonchev–Trinajstić information content (AvgIpc) is 3.27. The molecule has 28 heavy (non-hydrogen) atoms. The molecule has 5 nitrogen and oxygen atoms in total. The molecular weight excluding hydrogens is 374 g/mol. The molecule has 0 aliphatic heterocycles. The van der Waals surface area contributed by atoms with Gasteiger partial charge in [0, 0.05) is 28.0 Å². The minimum atomic E-state index is -0.113. The molecule has 3 atom stereocenters. The minimum Gasteiger partial charge on any atom is -0.351 e. The summed E-state index contributed by atoms with van der Waals surface area (Å²) in [6.07, 6.45) is 2.85. The van der Waals surface area contributed by atoms with Crippen LogP contribution in [0.25, 0.3) is 10.9 Å². The maximum atomic E-state index is 12.6. The number of amides is 1. The van der Waals surface area contributed by atoms with Crippen LogP contribution < -0.4 is 11.1 Å². The van der Waals surface area contributed by atoms with Gasteiger partial charge in [-0.15, -0.1) is 0 Å². The zero-order valence-corrected chi connectivity index (χ0v) is 16.3. The Morgan fingerprint density at radius 2 is 1.89 bits per heavy atom. The van der Waals surface area contributed by atoms with Crippen molar-refractivity contribution in [1.82, 2.24) is 10.3 Å². The number of carbonyl (C=O) groups excluding carboxylic acids is 2. The zero-order valence-electron chi connectivity index (χ0n) is 15.5. The Morgan fingerprint density at radius 3 is 2.64 bits per heavy atom. The molecule has 6 heteroatoms. The predicted octanol–water partition coefficient (Wildman–Crippen LogP) is 3.71. The molecule has 4 N–H and O–H groups in total. The molecule has 1 aliphatic carbocycles. The van der Waals surface area contributed by atoms with Gasteiger partial charge in [-0.1, -0.05) is 41.9 Å². The summed E-state index contributed by atoms with van der Waals surface area (Å²) in [7, 11) is 0. The molecule has 0 bridgehead atoms. The molecule has 2 aromatic carbocycles. The number of hydrogen-bond acceptors (Lipinski definition) is 3. The molecular formula is C22H24ClN3O2. The summed E-state index contributed by atoms with van der Waals surface area (Å²) in [5, 5.41) is 4.70. The van der Waals surface area contributed by atoms with E-state index < -0.39 is 0 Å². The lowest BCUT2D eigenvalue weighted by atomic mass is 9.98. The summed E-state index contributed by atoms with van der Waals surface area (Å²) in [5.41, 5.74) is 9.07. The molecule has 146 valence electrons. The number of rotatable bonds is 4. The van der Waals surface area contributed by atoms with Crippen LogP contribution in [0.1, 0.15) is 28.9 Å². The maximum Gasteiger partial charge on any atom is 0.268 e. The number of H-pyrrole nitrogens is 1. The Morgan fingerprint density at radius 1 is 1.14 bits per heavy atom. The van der Waals surface area contributed by atoms with Crippen molar-refractivity contribution in [3.63, 3.8) is 0 Å². The van der Waals surface area contributed by atoms with Crippen molar-refractivity contribution in [1.29, 1.82) is 0 Å². The quantitative estimate of drug-likeness (QED) is 0.627. The van der Waals surface area contributed by atoms with E-state index in [0.29, 0.717) is 16.6 Å². The summed E-state index contributed by atoms with van der Waals surface area (Å²) >= 11 is 6.02. The number of nitrogens with two attached hydrogens (primary N) is 1. The number of hydrogen-bond donors (Lipinski definition) is 3. The smallest absolute Gasteiger partial charge is 0.268 e. The monoisotopic (exact) mass is 397 g/mol. The molecule has 0 saturated heterocycles. The Balaban J connectivity index is 0.00000109. The number of halogens is 1. The first-order chi connectivity index (χ1) is 13.6. The van der Waals surface area contributed by atoms with Crippen LogP contribution in [0.3, 0.4) is 0 Å². The standard InChI is InChI=1S/C21H22ClN3O.CH2O/c22-16-6-7-18-15(11-16)12-20(24-18)21(26)25-19-10-14(9-17(19)23)8-13-4-2-1-3-5-13;1-2/h1-7,11-12,14,17,19,24H,8-10,23H2,(H,25,26);1H2/t14?,17-,19-;/m1./s1. The van der Waals surface area contributed by atoms with Crippen molar-refractivity contribution in [3.05, 3.63) is 70.9 Å². The van der Waals surface area contributed by atoms with Crippen LogP contribution in [0.15, 0.2) is 54.6 Å². The fraction of sp³-hybridized carbons (Fsp3) is 0.273. The molecule has 1 aromatic heterocycles. The molecule has 0 spiro atoms. The highest BCUT2D eigenvalue weighted by molar-refractivity contribution is 6.31. The van der Waals surface area contributed by atoms with Gasteiger partial charge in [0.1, 0.15) is 12.5 Å². The molecule has 1 heterocycles. The van der Waals surface area contributed by atoms with Crippen molar-refractivity contribution in [2.75, 3.05) is 0 Å². The Hall–Kier alpha value is -2.63. The third-order valence-electron chi connectivity index (χ3n) is 5.22. The zero-order chi connectivity index (χ0) is 20.1. The first-order valence-corrected chi connectivity index (χ1v) is 9.64. The van der Waals surface area contributed by atoms with Crippen LogP contribution in [0.4, 0.5) is 0 Å². The highest BCUT2D eigenvalue weighted by atomic mass is 35.5. The topological polar surface area (TPSA) is 88.0 Å². The molecule has 1 saturated carbocycles. The summed E-state index contributed by atoms with van der Waals surface area (Å²) in [4.78, 5) is 23.8. The van der Waals surface area contributed by atoms with Crippen molar-refractivity contribution < 1.29 is 9.59 Å². The van der Waals surface area contributed by atoms with Crippen LogP contribution in [0.2, 0.25) is 5.02 Å². The number of aromatic amines is 1. The van der Waals surface area contributed by atoms with Gasteiger partial charge >= 0.3 is 0 Å². The molecule has 1 unspecified atom stereocenters. The van der Waals surface area contributed by atoms with Gasteiger partial charge in [0.2, 0.25) is 0 Å². The SMILES string of the molecule is C=O.N[C@@H]1CC(Cc2ccccc2)C[C@H]1NC(=O)c1cc2cc(Cl)ccc2[nH]1. The summed E-state index contributed by atoms with van der Waals surface area (Å²) in [5.74, 6) is 0.386. The van der Waals surface area contributed by atoms with E-state index in [0.717, 1.165) is 30.2 Å². The van der Waals surface area contributed by atoms with Crippen molar-refractivity contribution in [2.24, 2.45) is 11.7 Å². The first-order valence-electron chi connectivity index (χ1n) is 9.26. The number of aromatic nitrogens is 1. The second kappa shape index (κ2) is 9.04. The third-order valence-corrected chi connectivity index (χ3v) is 5.46. The van der Waals surface area contributed by atoms with Crippen molar-refractivity contribution >= 4 is 35.2 Å². The van der Waals surface area contributed by atoms with Crippen LogP contribution in [-0.2, 0) is 11.2 Å². The predicted molar refractivity (Wildman–Crippen MR) is 113 cm³/mol. The van der Waals surface area contributed by atoms with Gasteiger partial charge in [-0.05, 0) is 55.0 Å². The van der Waals surface area contributed by atoms with E-state index in [1.54, 1.807) is 0 Å². The second-order valence-corrected chi connectivity index (χ2v) is 7.62. The van der Waals surface area contributed by atoms with Gasteiger partial charge in [-0.25, -0.2) is 0 Å². The van der Waals surface area contributed by atoms with Crippen LogP contribution >= 0.6 is 11.6 Å². The first kappa shape index (κ1) is 20.1. The van der Waals surface area contributed by atoms with Gasteiger partial charge < -0.3 is 20.8 Å². The van der Waals surface area contributed by atoms with Crippen LogP contribution in [0, 0.1) is 5.92 Å². The highest BCUT2D eigenvalue weighted by Gasteiger charge is 2.33. The van der Waals surface area contributed by atoms with Crippen molar-refractivity contribution in [2.45, 2.75) is 31.3 Å². The fourth-order valence-corrected chi connectivity index (χ4v) is 4.11. The molecule has 1 aliphatic rings. The largest absolute Gasteiger partial charge is 0.351 e. The van der Waals surface area contributed by atoms with E-state index in [9.17, 15) is 4.79 Å². The van der Waals surface area contributed by atoms with E-state index in [1.165, 1.54) is 5.56 Å². The van der Waals surface area contributed by atoms with E-state index in [4.69, 9.17) is 22.1 Å². The molecule has 0 radical (unpaired) electrons. The lowest BCUT2D eigenvalue weighted by Gasteiger charge is -2.16. The highest BCUT2D eigenvalue weighted by Crippen LogP contribution is 2.28. The van der Waals surface area contributed by atoms with E-state index >= 15 is 0 Å². The number of carbonyl (C=O) groups is 2. The minimum absolute atomic E-state index is 0.00575. The van der Waals surface area contributed by atoms with Gasteiger partial charge in [0.05, 0.1) is 0 Å². The Bertz CT molecular complexity index is 941. The van der Waals surface area contributed by atoms with Gasteiger partial charge in [0.15, 0.2) is 0 Å². The molecule has 4 rings (SSSR count). The van der Waals surface area contributed by atoms with Gasteiger partial charge in [-0.2, -0.15) is 0 Å². The van der Waals surface area contributed by atoms with E-state index in [2.05, 4.69) is 34.6 Å². The number of benzene rings is 2. The molecule has 1 fully saturated rings. The molecule has 3 aromatic rings. The Kier molecular flexibility index (Phi) is 6.49. The number of fused-ring (bicyclic) bond motifs is 1. The number of nitrogens with one attached hydrogen (secondary N) is 2. The van der Waals surface area contributed by atoms with Gasteiger partial charge in [0.25, 0.3) is 5.91 Å². The lowest BCUT2D eigenvalue weighted by molar-refractivity contribution is -0.0980. The Labute approximate surface area is 169 Å². The van der Waals surface area contributed by atoms with E-state index in [-0.39, 0.29) is 18.0 Å². The maximum absolute atomic E-state index is 12.6. The van der Waals surface area contributed by atoms with Crippen molar-refractivity contribution in [3.8, 4) is 0 Å². The summed E-state index contributed by atoms with van der Waals surface area (Å²) < 4.78 is 0. The summed E-state index contributed by atoms with van der Waals surface area (Å²) in [6, 6.07) is 17.8. The molecule has 1 amide bonds. The second-order valence-electron chi connectivity index (χ2n) is 7.19. The average molecular weight is 398 g/mol. The third kappa shape index (κ3) is 4.61. The fourth-order valence-electron chi connectivity index (χ4n) is 3.93. The van der Waals surface area contributed by atoms with E-state index in [1.807, 2.05) is 37.1 Å². The summed E-state index contributed by atoms with van der Waals surface area (Å²) in [6.45, 7) is 2.00. The van der Waals surface area contributed by atoms with Crippen LogP contribution in [0.5, 0.6) is 0 Å². The van der Waals surface area contributed by atoms with Crippen LogP contribution in [-0.4, -0.2) is 29.8 Å². The lowest BCUT2D eigenvalue weighted by Crippen LogP contribution is -2.44.